The van der Waals surface area contributed by atoms with Gasteiger partial charge in [-0.05, 0) is 12.8 Å². The average Bonchev–Trinajstić information content (AvgIpc) is 2.57. The van der Waals surface area contributed by atoms with E-state index in [-0.39, 0.29) is 13.0 Å². The molecule has 0 aliphatic carbocycles. The van der Waals surface area contributed by atoms with Crippen molar-refractivity contribution >= 4 is 10.0 Å². The fourth-order valence-electron chi connectivity index (χ4n) is 2.78. The van der Waals surface area contributed by atoms with E-state index in [1.165, 1.54) is 25.7 Å². The lowest BCUT2D eigenvalue weighted by Gasteiger charge is -2.26. The Morgan fingerprint density at radius 2 is 1.42 bits per heavy atom. The molecule has 0 aliphatic rings. The van der Waals surface area contributed by atoms with Gasteiger partial charge in [-0.3, -0.25) is 0 Å². The molecule has 1 atom stereocenters. The monoisotopic (exact) mass is 355 g/mol. The molecule has 24 heavy (non-hydrogen) atoms. The van der Waals surface area contributed by atoms with Crippen LogP contribution in [-0.2, 0) is 10.0 Å². The van der Waals surface area contributed by atoms with E-state index < -0.39 is 14.8 Å². The van der Waals surface area contributed by atoms with Crippen LogP contribution in [0.3, 0.4) is 0 Å². The topological polar surface area (TPSA) is 93.8 Å². The Bertz CT molecular complexity index is 505. The summed E-state index contributed by atoms with van der Waals surface area (Å²) in [6.45, 7) is 4.25. The SMILES string of the molecule is CCCCCCCCCC(C#N)(CCCC)S(=O)(=O)NCCC#N. The Labute approximate surface area is 148 Å². The Hall–Kier alpha value is -1.11. The van der Waals surface area contributed by atoms with Crippen LogP contribution in [0.5, 0.6) is 0 Å². The van der Waals surface area contributed by atoms with E-state index in [9.17, 15) is 13.7 Å². The fourth-order valence-corrected chi connectivity index (χ4v) is 4.37. The highest BCUT2D eigenvalue weighted by Gasteiger charge is 2.42. The lowest BCUT2D eigenvalue weighted by molar-refractivity contribution is 0.470. The van der Waals surface area contributed by atoms with Gasteiger partial charge in [0.25, 0.3) is 0 Å². The minimum Gasteiger partial charge on any atom is -0.213 e. The van der Waals surface area contributed by atoms with Crippen LogP contribution in [-0.4, -0.2) is 19.7 Å². The maximum atomic E-state index is 12.6. The van der Waals surface area contributed by atoms with Gasteiger partial charge < -0.3 is 0 Å². The minimum atomic E-state index is -3.74. The third-order valence-corrected chi connectivity index (χ3v) is 6.48. The van der Waals surface area contributed by atoms with Crippen LogP contribution in [0.15, 0.2) is 0 Å². The molecule has 5 nitrogen and oxygen atoms in total. The first kappa shape index (κ1) is 22.9. The largest absolute Gasteiger partial charge is 0.230 e. The second kappa shape index (κ2) is 13.2. The summed E-state index contributed by atoms with van der Waals surface area (Å²) in [7, 11) is -3.74. The summed E-state index contributed by atoms with van der Waals surface area (Å²) in [6, 6.07) is 4.02. The molecule has 1 unspecified atom stereocenters. The predicted octanol–water partition coefficient (Wildman–Crippen LogP) is 4.41. The van der Waals surface area contributed by atoms with Gasteiger partial charge in [-0.2, -0.15) is 10.5 Å². The van der Waals surface area contributed by atoms with E-state index in [1.807, 2.05) is 13.0 Å². The first-order chi connectivity index (χ1) is 11.5. The van der Waals surface area contributed by atoms with Crippen LogP contribution in [0.4, 0.5) is 0 Å². The molecule has 0 fully saturated rings. The number of sulfonamides is 1. The standard InChI is InChI=1S/C18H33N3O2S/c1-3-5-7-8-9-10-11-14-18(17-20,13-6-4-2)24(22,23)21-16-12-15-19/h21H,3-14,16H2,1-2H3. The Kier molecular flexibility index (Phi) is 12.6. The normalized spacial score (nSPS) is 13.8. The van der Waals surface area contributed by atoms with E-state index >= 15 is 0 Å². The van der Waals surface area contributed by atoms with E-state index in [0.717, 1.165) is 25.7 Å². The molecule has 1 N–H and O–H groups in total. The minimum absolute atomic E-state index is 0.0748. The van der Waals surface area contributed by atoms with Gasteiger partial charge in [-0.25, -0.2) is 13.1 Å². The van der Waals surface area contributed by atoms with Crippen molar-refractivity contribution in [3.8, 4) is 12.1 Å². The van der Waals surface area contributed by atoms with Crippen LogP contribution >= 0.6 is 0 Å². The van der Waals surface area contributed by atoms with Gasteiger partial charge in [0.2, 0.25) is 10.0 Å². The molecule has 0 aliphatic heterocycles. The summed E-state index contributed by atoms with van der Waals surface area (Å²) in [4.78, 5) is 0. The van der Waals surface area contributed by atoms with Crippen molar-refractivity contribution in [2.24, 2.45) is 0 Å². The molecule has 0 spiro atoms. The second-order valence-corrected chi connectivity index (χ2v) is 8.46. The molecule has 0 saturated carbocycles. The van der Waals surface area contributed by atoms with E-state index in [4.69, 9.17) is 5.26 Å². The van der Waals surface area contributed by atoms with Crippen molar-refractivity contribution < 1.29 is 8.42 Å². The number of nitriles is 2. The zero-order valence-corrected chi connectivity index (χ0v) is 16.1. The van der Waals surface area contributed by atoms with E-state index in [1.54, 1.807) is 0 Å². The summed E-state index contributed by atoms with van der Waals surface area (Å²) in [6.07, 6.45) is 10.1. The molecule has 0 radical (unpaired) electrons. The number of hydrogen-bond acceptors (Lipinski definition) is 4. The first-order valence-corrected chi connectivity index (χ1v) is 10.8. The van der Waals surface area contributed by atoms with Gasteiger partial charge in [-0.15, -0.1) is 0 Å². The summed E-state index contributed by atoms with van der Waals surface area (Å²) in [5.41, 5.74) is 0. The third-order valence-electron chi connectivity index (χ3n) is 4.37. The molecule has 0 aromatic heterocycles. The Morgan fingerprint density at radius 3 is 1.96 bits per heavy atom. The van der Waals surface area contributed by atoms with Gasteiger partial charge in [0.1, 0.15) is 0 Å². The van der Waals surface area contributed by atoms with Crippen LogP contribution in [0.1, 0.15) is 90.9 Å². The molecule has 0 heterocycles. The van der Waals surface area contributed by atoms with Gasteiger partial charge in [-0.1, -0.05) is 71.6 Å². The van der Waals surface area contributed by atoms with Crippen LogP contribution < -0.4 is 4.72 Å². The van der Waals surface area contributed by atoms with Gasteiger partial charge in [0.05, 0.1) is 12.1 Å². The quantitative estimate of drug-likeness (QED) is 0.440. The molecule has 0 saturated heterocycles. The number of hydrogen-bond donors (Lipinski definition) is 1. The number of nitrogens with one attached hydrogen (secondary N) is 1. The van der Waals surface area contributed by atoms with Crippen LogP contribution in [0.25, 0.3) is 0 Å². The number of unbranched alkanes of at least 4 members (excludes halogenated alkanes) is 7. The summed E-state index contributed by atoms with van der Waals surface area (Å²) < 4.78 is 26.4. The van der Waals surface area contributed by atoms with Crippen molar-refractivity contribution in [3.05, 3.63) is 0 Å². The highest BCUT2D eigenvalue weighted by molar-refractivity contribution is 7.91. The second-order valence-electron chi connectivity index (χ2n) is 6.39. The molecule has 0 amide bonds. The fraction of sp³-hybridized carbons (Fsp3) is 0.889. The zero-order valence-electron chi connectivity index (χ0n) is 15.3. The Morgan fingerprint density at radius 1 is 0.875 bits per heavy atom. The summed E-state index contributed by atoms with van der Waals surface area (Å²) >= 11 is 0. The molecule has 0 bridgehead atoms. The highest BCUT2D eigenvalue weighted by Crippen LogP contribution is 2.30. The van der Waals surface area contributed by atoms with E-state index in [2.05, 4.69) is 17.7 Å². The van der Waals surface area contributed by atoms with Gasteiger partial charge in [0, 0.05) is 13.0 Å². The smallest absolute Gasteiger partial charge is 0.213 e. The molecule has 0 rings (SSSR count). The molecular formula is C18H33N3O2S. The van der Waals surface area contributed by atoms with Crippen molar-refractivity contribution in [3.63, 3.8) is 0 Å². The van der Waals surface area contributed by atoms with Crippen molar-refractivity contribution in [1.29, 1.82) is 10.5 Å². The predicted molar refractivity (Wildman–Crippen MR) is 97.6 cm³/mol. The van der Waals surface area contributed by atoms with Gasteiger partial charge >= 0.3 is 0 Å². The molecule has 0 aromatic rings. The summed E-state index contributed by atoms with van der Waals surface area (Å²) in [5, 5.41) is 18.2. The van der Waals surface area contributed by atoms with Gasteiger partial charge in [0.15, 0.2) is 4.75 Å². The maximum absolute atomic E-state index is 12.6. The summed E-state index contributed by atoms with van der Waals surface area (Å²) in [5.74, 6) is 0. The zero-order chi connectivity index (χ0) is 18.3. The van der Waals surface area contributed by atoms with Crippen molar-refractivity contribution in [2.75, 3.05) is 6.54 Å². The first-order valence-electron chi connectivity index (χ1n) is 9.27. The Balaban J connectivity index is 4.71. The van der Waals surface area contributed by atoms with Crippen molar-refractivity contribution in [1.82, 2.24) is 4.72 Å². The third kappa shape index (κ3) is 8.13. The maximum Gasteiger partial charge on any atom is 0.230 e. The molecule has 0 aromatic carbocycles. The highest BCUT2D eigenvalue weighted by atomic mass is 32.2. The van der Waals surface area contributed by atoms with Crippen LogP contribution in [0.2, 0.25) is 0 Å². The molecule has 6 heteroatoms. The van der Waals surface area contributed by atoms with Crippen molar-refractivity contribution in [2.45, 2.75) is 95.6 Å². The van der Waals surface area contributed by atoms with E-state index in [0.29, 0.717) is 19.3 Å². The number of nitrogens with zero attached hydrogens (tertiary/aromatic N) is 2. The number of rotatable bonds is 15. The lowest BCUT2D eigenvalue weighted by atomic mass is 9.95. The van der Waals surface area contributed by atoms with Crippen LogP contribution in [0, 0.1) is 22.7 Å². The average molecular weight is 356 g/mol. The molecular weight excluding hydrogens is 322 g/mol. The molecule has 138 valence electrons. The lowest BCUT2D eigenvalue weighted by Crippen LogP contribution is -2.45.